The van der Waals surface area contributed by atoms with Crippen molar-refractivity contribution in [1.82, 2.24) is 10.1 Å². The van der Waals surface area contributed by atoms with E-state index in [1.54, 1.807) is 0 Å². The van der Waals surface area contributed by atoms with Gasteiger partial charge in [-0.1, -0.05) is 28.9 Å². The van der Waals surface area contributed by atoms with Gasteiger partial charge in [-0.2, -0.15) is 4.98 Å². The van der Waals surface area contributed by atoms with Crippen LogP contribution in [0.1, 0.15) is 29.6 Å². The van der Waals surface area contributed by atoms with Crippen molar-refractivity contribution in [2.24, 2.45) is 5.92 Å². The van der Waals surface area contributed by atoms with E-state index < -0.39 is 0 Å². The number of hydrogen-bond acceptors (Lipinski definition) is 4. The lowest BCUT2D eigenvalue weighted by Gasteiger charge is -2.27. The van der Waals surface area contributed by atoms with Gasteiger partial charge in [0, 0.05) is 11.6 Å². The van der Waals surface area contributed by atoms with Crippen LogP contribution < -0.4 is 0 Å². The fourth-order valence-electron chi connectivity index (χ4n) is 2.66. The van der Waals surface area contributed by atoms with Crippen molar-refractivity contribution >= 4 is 11.6 Å². The molecule has 3 rings (SSSR count). The third kappa shape index (κ3) is 3.19. The monoisotopic (exact) mass is 292 g/mol. The molecule has 1 saturated heterocycles. The van der Waals surface area contributed by atoms with Crippen LogP contribution in [-0.2, 0) is 11.2 Å². The van der Waals surface area contributed by atoms with Gasteiger partial charge in [0.2, 0.25) is 5.89 Å². The van der Waals surface area contributed by atoms with Gasteiger partial charge in [0.05, 0.1) is 12.5 Å². The Morgan fingerprint density at radius 2 is 2.05 bits per heavy atom. The molecule has 1 fully saturated rings. The lowest BCUT2D eigenvalue weighted by atomic mass is 9.88. The summed E-state index contributed by atoms with van der Waals surface area (Å²) in [6.45, 7) is 3.28. The standard InChI is InChI=1S/C15H17ClN2O2/c1-10-17-15(20-18-10)13-7-12(8-19-9-13)6-11-2-4-14(16)5-3-11/h2-5,12-13H,6-9H2,1H3. The molecule has 0 spiro atoms. The predicted octanol–water partition coefficient (Wildman–Crippen LogP) is 3.39. The predicted molar refractivity (Wildman–Crippen MR) is 75.9 cm³/mol. The molecule has 2 atom stereocenters. The van der Waals surface area contributed by atoms with Crippen LogP contribution in [0.15, 0.2) is 28.8 Å². The number of benzene rings is 1. The number of aryl methyl sites for hydroxylation is 1. The average molecular weight is 293 g/mol. The first-order valence-electron chi connectivity index (χ1n) is 6.83. The largest absolute Gasteiger partial charge is 0.380 e. The second-order valence-electron chi connectivity index (χ2n) is 5.35. The molecule has 1 aromatic carbocycles. The van der Waals surface area contributed by atoms with Crippen molar-refractivity contribution < 1.29 is 9.26 Å². The number of ether oxygens (including phenoxy) is 1. The Balaban J connectivity index is 1.64. The number of aromatic nitrogens is 2. The third-order valence-electron chi connectivity index (χ3n) is 3.62. The highest BCUT2D eigenvalue weighted by Crippen LogP contribution is 2.30. The molecule has 2 aromatic rings. The van der Waals surface area contributed by atoms with Gasteiger partial charge >= 0.3 is 0 Å². The maximum Gasteiger partial charge on any atom is 0.232 e. The minimum atomic E-state index is 0.210. The molecular weight excluding hydrogens is 276 g/mol. The zero-order chi connectivity index (χ0) is 13.9. The van der Waals surface area contributed by atoms with Crippen molar-refractivity contribution in [3.05, 3.63) is 46.6 Å². The van der Waals surface area contributed by atoms with Crippen molar-refractivity contribution in [3.8, 4) is 0 Å². The summed E-state index contributed by atoms with van der Waals surface area (Å²) in [5.41, 5.74) is 1.28. The van der Waals surface area contributed by atoms with Crippen LogP contribution in [0.25, 0.3) is 0 Å². The summed E-state index contributed by atoms with van der Waals surface area (Å²) in [4.78, 5) is 4.31. The molecule has 0 N–H and O–H groups in total. The van der Waals surface area contributed by atoms with Crippen LogP contribution in [-0.4, -0.2) is 23.4 Å². The Labute approximate surface area is 123 Å². The SMILES string of the molecule is Cc1noc(C2COCC(Cc3ccc(Cl)cc3)C2)n1. The highest BCUT2D eigenvalue weighted by atomic mass is 35.5. The minimum absolute atomic E-state index is 0.210. The molecule has 20 heavy (non-hydrogen) atoms. The fraction of sp³-hybridized carbons (Fsp3) is 0.467. The normalized spacial score (nSPS) is 22.9. The molecule has 1 aromatic heterocycles. The molecule has 1 aliphatic heterocycles. The second-order valence-corrected chi connectivity index (χ2v) is 5.78. The zero-order valence-electron chi connectivity index (χ0n) is 11.4. The summed E-state index contributed by atoms with van der Waals surface area (Å²) < 4.78 is 11.0. The lowest BCUT2D eigenvalue weighted by Crippen LogP contribution is -2.26. The van der Waals surface area contributed by atoms with Gasteiger partial charge in [-0.05, 0) is 43.4 Å². The van der Waals surface area contributed by atoms with E-state index in [-0.39, 0.29) is 5.92 Å². The Kier molecular flexibility index (Phi) is 4.03. The lowest BCUT2D eigenvalue weighted by molar-refractivity contribution is 0.0310. The van der Waals surface area contributed by atoms with Gasteiger partial charge in [-0.3, -0.25) is 0 Å². The van der Waals surface area contributed by atoms with E-state index in [0.29, 0.717) is 24.2 Å². The molecule has 0 saturated carbocycles. The Hall–Kier alpha value is -1.39. The van der Waals surface area contributed by atoms with Crippen LogP contribution in [0.5, 0.6) is 0 Å². The van der Waals surface area contributed by atoms with Gasteiger partial charge in [0.25, 0.3) is 0 Å². The maximum atomic E-state index is 5.91. The number of rotatable bonds is 3. The highest BCUT2D eigenvalue weighted by molar-refractivity contribution is 6.30. The smallest absolute Gasteiger partial charge is 0.232 e. The van der Waals surface area contributed by atoms with Crippen LogP contribution >= 0.6 is 11.6 Å². The van der Waals surface area contributed by atoms with Crippen LogP contribution in [0, 0.1) is 12.8 Å². The van der Waals surface area contributed by atoms with E-state index in [2.05, 4.69) is 22.3 Å². The molecule has 2 heterocycles. The van der Waals surface area contributed by atoms with E-state index in [9.17, 15) is 0 Å². The van der Waals surface area contributed by atoms with E-state index in [1.165, 1.54) is 5.56 Å². The molecular formula is C15H17ClN2O2. The van der Waals surface area contributed by atoms with Gasteiger partial charge in [-0.25, -0.2) is 0 Å². The van der Waals surface area contributed by atoms with Crippen molar-refractivity contribution in [2.45, 2.75) is 25.7 Å². The van der Waals surface area contributed by atoms with E-state index >= 15 is 0 Å². The molecule has 5 heteroatoms. The summed E-state index contributed by atoms with van der Waals surface area (Å²) in [5, 5.41) is 4.63. The molecule has 0 aliphatic carbocycles. The van der Waals surface area contributed by atoms with Crippen molar-refractivity contribution in [3.63, 3.8) is 0 Å². The number of nitrogens with zero attached hydrogens (tertiary/aromatic N) is 2. The topological polar surface area (TPSA) is 48.2 Å². The second kappa shape index (κ2) is 5.94. The van der Waals surface area contributed by atoms with Crippen LogP contribution in [0.3, 0.4) is 0 Å². The first-order chi connectivity index (χ1) is 9.70. The summed E-state index contributed by atoms with van der Waals surface area (Å²) in [5.74, 6) is 2.06. The number of hydrogen-bond donors (Lipinski definition) is 0. The third-order valence-corrected chi connectivity index (χ3v) is 3.87. The summed E-state index contributed by atoms with van der Waals surface area (Å²) >= 11 is 5.91. The molecule has 0 radical (unpaired) electrons. The number of halogens is 1. The first kappa shape index (κ1) is 13.6. The molecule has 0 bridgehead atoms. The van der Waals surface area contributed by atoms with Gasteiger partial charge in [0.15, 0.2) is 5.82 Å². The van der Waals surface area contributed by atoms with E-state index in [0.717, 1.165) is 24.5 Å². The first-order valence-corrected chi connectivity index (χ1v) is 7.21. The summed E-state index contributed by atoms with van der Waals surface area (Å²) in [6, 6.07) is 8.00. The molecule has 1 aliphatic rings. The van der Waals surface area contributed by atoms with Crippen molar-refractivity contribution in [2.75, 3.05) is 13.2 Å². The van der Waals surface area contributed by atoms with E-state index in [4.69, 9.17) is 20.9 Å². The Morgan fingerprint density at radius 3 is 2.75 bits per heavy atom. The van der Waals surface area contributed by atoms with Crippen molar-refractivity contribution in [1.29, 1.82) is 0 Å². The van der Waals surface area contributed by atoms with Crippen LogP contribution in [0.2, 0.25) is 5.02 Å². The van der Waals surface area contributed by atoms with Gasteiger partial charge in [0.1, 0.15) is 0 Å². The molecule has 0 amide bonds. The zero-order valence-corrected chi connectivity index (χ0v) is 12.1. The Bertz CT molecular complexity index is 568. The van der Waals surface area contributed by atoms with E-state index in [1.807, 2.05) is 19.1 Å². The molecule has 106 valence electrons. The average Bonchev–Trinajstić information content (AvgIpc) is 2.89. The molecule has 4 nitrogen and oxygen atoms in total. The molecule has 2 unspecified atom stereocenters. The maximum absolute atomic E-state index is 5.91. The Morgan fingerprint density at radius 1 is 1.25 bits per heavy atom. The minimum Gasteiger partial charge on any atom is -0.380 e. The fourth-order valence-corrected chi connectivity index (χ4v) is 2.79. The highest BCUT2D eigenvalue weighted by Gasteiger charge is 2.27. The quantitative estimate of drug-likeness (QED) is 0.870. The van der Waals surface area contributed by atoms with Gasteiger partial charge < -0.3 is 9.26 Å². The summed E-state index contributed by atoms with van der Waals surface area (Å²) in [6.07, 6.45) is 2.01. The summed E-state index contributed by atoms with van der Waals surface area (Å²) in [7, 11) is 0. The van der Waals surface area contributed by atoms with Crippen LogP contribution in [0.4, 0.5) is 0 Å². The van der Waals surface area contributed by atoms with Gasteiger partial charge in [-0.15, -0.1) is 0 Å².